The Kier molecular flexibility index (Phi) is 6.96. The van der Waals surface area contributed by atoms with Crippen molar-refractivity contribution < 1.29 is 8.83 Å². The van der Waals surface area contributed by atoms with Crippen LogP contribution in [-0.2, 0) is 0 Å². The molecule has 5 heterocycles. The predicted octanol–water partition coefficient (Wildman–Crippen LogP) is 13.2. The number of rotatable bonds is 5. The molecule has 7 aromatic carbocycles. The van der Waals surface area contributed by atoms with Crippen LogP contribution in [-0.4, -0.2) is 24.9 Å². The van der Waals surface area contributed by atoms with Gasteiger partial charge in [0.15, 0.2) is 23.3 Å². The molecule has 0 saturated heterocycles. The lowest BCUT2D eigenvalue weighted by molar-refractivity contribution is 0.668. The monoisotopic (exact) mass is 749 g/mol. The molecular formula is C49H27N5O2S. The summed E-state index contributed by atoms with van der Waals surface area (Å²) >= 11 is 1.73. The van der Waals surface area contributed by atoms with E-state index in [0.29, 0.717) is 23.3 Å². The Bertz CT molecular complexity index is 3540. The molecule has 0 amide bonds. The molecule has 0 fully saturated rings. The highest BCUT2D eigenvalue weighted by atomic mass is 32.1. The maximum absolute atomic E-state index is 6.60. The Balaban J connectivity index is 1.03. The molecule has 0 aliphatic carbocycles. The fraction of sp³-hybridized carbons (Fsp3) is 0. The minimum atomic E-state index is 0.548. The third-order valence-electron chi connectivity index (χ3n) is 10.6. The topological polar surface area (TPSA) is 90.7 Å². The first-order chi connectivity index (χ1) is 28.2. The van der Waals surface area contributed by atoms with Crippen molar-refractivity contribution in [3.8, 4) is 56.8 Å². The Morgan fingerprint density at radius 1 is 0.368 bits per heavy atom. The molecule has 57 heavy (non-hydrogen) atoms. The first-order valence-electron chi connectivity index (χ1n) is 18.7. The summed E-state index contributed by atoms with van der Waals surface area (Å²) in [5.74, 6) is 2.32. The molecule has 5 aromatic heterocycles. The number of fused-ring (bicyclic) bond motifs is 9. The highest BCUT2D eigenvalue weighted by Crippen LogP contribution is 2.42. The summed E-state index contributed by atoms with van der Waals surface area (Å²) in [5, 5.41) is 5.11. The summed E-state index contributed by atoms with van der Waals surface area (Å²) in [4.78, 5) is 25.6. The van der Waals surface area contributed by atoms with Crippen LogP contribution in [0.3, 0.4) is 0 Å². The highest BCUT2D eigenvalue weighted by Gasteiger charge is 2.21. The van der Waals surface area contributed by atoms with Gasteiger partial charge in [0.1, 0.15) is 22.3 Å². The van der Waals surface area contributed by atoms with Crippen LogP contribution in [0.5, 0.6) is 0 Å². The standard InChI is InChI=1S/C49H27N5O2S/c1-3-12-28(13-4-1)43-45-44(35-17-8-10-21-41(35)57-45)51-47(50-43)30-23-25-34-40(27-30)56-38-20-11-18-36(42(34)38)49-53-46(29-14-5-2-6-15-29)52-48(54-49)31-22-24-33-32-16-7-9-19-37(32)55-39(33)26-31/h1-27H. The maximum Gasteiger partial charge on any atom is 0.164 e. The molecule has 0 saturated carbocycles. The van der Waals surface area contributed by atoms with Crippen molar-refractivity contribution in [3.63, 3.8) is 0 Å². The second-order valence-electron chi connectivity index (χ2n) is 14.0. The largest absolute Gasteiger partial charge is 0.456 e. The molecule has 8 heteroatoms. The zero-order valence-electron chi connectivity index (χ0n) is 30.0. The van der Waals surface area contributed by atoms with E-state index in [9.17, 15) is 0 Å². The average molecular weight is 750 g/mol. The number of para-hydroxylation sites is 1. The van der Waals surface area contributed by atoms with Crippen LogP contribution in [0.4, 0.5) is 0 Å². The van der Waals surface area contributed by atoms with Crippen LogP contribution in [0.25, 0.3) is 121 Å². The number of nitrogens with zero attached hydrogens (tertiary/aromatic N) is 5. The molecular weight excluding hydrogens is 723 g/mol. The smallest absolute Gasteiger partial charge is 0.164 e. The van der Waals surface area contributed by atoms with Crippen LogP contribution in [0.2, 0.25) is 0 Å². The molecule has 0 bridgehead atoms. The summed E-state index contributed by atoms with van der Waals surface area (Å²) in [6, 6.07) is 55.2. The second-order valence-corrected chi connectivity index (χ2v) is 15.1. The van der Waals surface area contributed by atoms with Gasteiger partial charge in [0.05, 0.1) is 15.9 Å². The molecule has 0 aliphatic rings. The first-order valence-corrected chi connectivity index (χ1v) is 19.5. The molecule has 0 radical (unpaired) electrons. The molecule has 0 spiro atoms. The number of aromatic nitrogens is 5. The Hall–Kier alpha value is -7.55. The van der Waals surface area contributed by atoms with E-state index in [4.69, 9.17) is 33.8 Å². The van der Waals surface area contributed by atoms with Gasteiger partial charge in [-0.2, -0.15) is 0 Å². The van der Waals surface area contributed by atoms with Crippen molar-refractivity contribution in [3.05, 3.63) is 164 Å². The number of hydrogen-bond acceptors (Lipinski definition) is 8. The summed E-state index contributed by atoms with van der Waals surface area (Å²) < 4.78 is 15.1. The lowest BCUT2D eigenvalue weighted by Gasteiger charge is -2.09. The number of furan rings is 2. The minimum Gasteiger partial charge on any atom is -0.456 e. The molecule has 0 N–H and O–H groups in total. The van der Waals surface area contributed by atoms with Gasteiger partial charge in [-0.05, 0) is 42.5 Å². The van der Waals surface area contributed by atoms with Crippen LogP contribution >= 0.6 is 11.3 Å². The van der Waals surface area contributed by atoms with Crippen molar-refractivity contribution in [2.75, 3.05) is 0 Å². The van der Waals surface area contributed by atoms with Crippen molar-refractivity contribution in [2.45, 2.75) is 0 Å². The molecule has 0 aliphatic heterocycles. The van der Waals surface area contributed by atoms with Crippen LogP contribution in [0.15, 0.2) is 173 Å². The summed E-state index contributed by atoms with van der Waals surface area (Å²) in [6.07, 6.45) is 0. The van der Waals surface area contributed by atoms with Gasteiger partial charge in [0, 0.05) is 59.4 Å². The average Bonchev–Trinajstić information content (AvgIpc) is 3.97. The number of thiophene rings is 1. The predicted molar refractivity (Wildman–Crippen MR) is 230 cm³/mol. The van der Waals surface area contributed by atoms with Gasteiger partial charge in [0.2, 0.25) is 0 Å². The van der Waals surface area contributed by atoms with Crippen molar-refractivity contribution in [2.24, 2.45) is 0 Å². The Morgan fingerprint density at radius 3 is 1.75 bits per heavy atom. The third kappa shape index (κ3) is 5.15. The van der Waals surface area contributed by atoms with Crippen molar-refractivity contribution in [1.29, 1.82) is 0 Å². The zero-order chi connectivity index (χ0) is 37.5. The van der Waals surface area contributed by atoms with Gasteiger partial charge in [-0.1, -0.05) is 121 Å². The Morgan fingerprint density at radius 2 is 0.947 bits per heavy atom. The van der Waals surface area contributed by atoms with Gasteiger partial charge in [-0.25, -0.2) is 24.9 Å². The first kappa shape index (κ1) is 31.8. The lowest BCUT2D eigenvalue weighted by atomic mass is 10.0. The number of hydrogen-bond donors (Lipinski definition) is 0. The van der Waals surface area contributed by atoms with Gasteiger partial charge in [-0.15, -0.1) is 11.3 Å². The SMILES string of the molecule is c1ccc(-c2nc(-c3ccc4c(c3)oc3ccccc34)nc(-c3cccc4oc5cc(-c6nc(-c7ccccc7)c7sc8ccccc8c7n6)ccc5c34)n2)cc1. The minimum absolute atomic E-state index is 0.548. The van der Waals surface area contributed by atoms with Crippen LogP contribution < -0.4 is 0 Å². The highest BCUT2D eigenvalue weighted by molar-refractivity contribution is 7.26. The normalized spacial score (nSPS) is 11.9. The van der Waals surface area contributed by atoms with Gasteiger partial charge < -0.3 is 8.83 Å². The third-order valence-corrected chi connectivity index (χ3v) is 11.7. The van der Waals surface area contributed by atoms with E-state index in [1.807, 2.05) is 97.1 Å². The van der Waals surface area contributed by atoms with Crippen molar-refractivity contribution >= 4 is 75.5 Å². The molecule has 0 atom stereocenters. The van der Waals surface area contributed by atoms with E-state index in [0.717, 1.165) is 93.0 Å². The van der Waals surface area contributed by atoms with E-state index in [1.54, 1.807) is 11.3 Å². The fourth-order valence-corrected chi connectivity index (χ4v) is 9.02. The molecule has 0 unspecified atom stereocenters. The van der Waals surface area contributed by atoms with E-state index >= 15 is 0 Å². The summed E-state index contributed by atoms with van der Waals surface area (Å²) in [5.41, 5.74) is 9.45. The molecule has 12 rings (SSSR count). The molecule has 266 valence electrons. The van der Waals surface area contributed by atoms with Gasteiger partial charge in [0.25, 0.3) is 0 Å². The van der Waals surface area contributed by atoms with E-state index in [-0.39, 0.29) is 0 Å². The fourth-order valence-electron chi connectivity index (χ4n) is 7.87. The number of benzene rings is 7. The summed E-state index contributed by atoms with van der Waals surface area (Å²) in [6.45, 7) is 0. The van der Waals surface area contributed by atoms with Crippen LogP contribution in [0.1, 0.15) is 0 Å². The lowest BCUT2D eigenvalue weighted by Crippen LogP contribution is -2.00. The van der Waals surface area contributed by atoms with E-state index < -0.39 is 0 Å². The molecule has 12 aromatic rings. The van der Waals surface area contributed by atoms with Gasteiger partial charge in [-0.3, -0.25) is 0 Å². The van der Waals surface area contributed by atoms with Crippen molar-refractivity contribution in [1.82, 2.24) is 24.9 Å². The molecule has 7 nitrogen and oxygen atoms in total. The van der Waals surface area contributed by atoms with Gasteiger partial charge >= 0.3 is 0 Å². The zero-order valence-corrected chi connectivity index (χ0v) is 30.9. The maximum atomic E-state index is 6.60. The summed E-state index contributed by atoms with van der Waals surface area (Å²) in [7, 11) is 0. The quantitative estimate of drug-likeness (QED) is 0.173. The van der Waals surface area contributed by atoms with Crippen LogP contribution in [0, 0.1) is 0 Å². The second kappa shape index (κ2) is 12.5. The Labute approximate surface area is 328 Å². The van der Waals surface area contributed by atoms with E-state index in [2.05, 4.69) is 66.7 Å². The van der Waals surface area contributed by atoms with E-state index in [1.165, 1.54) is 4.70 Å².